The Kier molecular flexibility index (Phi) is 20.7. The quantitative estimate of drug-likeness (QED) is 0.0694. The van der Waals surface area contributed by atoms with E-state index in [0.717, 1.165) is 36.4 Å². The second-order valence-electron chi connectivity index (χ2n) is 26.4. The summed E-state index contributed by atoms with van der Waals surface area (Å²) in [5.41, 5.74) is -19.7. The van der Waals surface area contributed by atoms with E-state index in [1.54, 1.807) is 27.7 Å². The Hall–Kier alpha value is -17.1. The lowest BCUT2D eigenvalue weighted by Crippen LogP contribution is -2.54. The van der Waals surface area contributed by atoms with Gasteiger partial charge < -0.3 is 0 Å². The number of hydrogen-bond acceptors (Lipinski definition) is 24. The van der Waals surface area contributed by atoms with E-state index in [2.05, 4.69) is 30.0 Å². The summed E-state index contributed by atoms with van der Waals surface area (Å²) in [7, 11) is 0. The fourth-order valence-corrected chi connectivity index (χ4v) is 13.2. The molecule has 0 amide bonds. The first kappa shape index (κ1) is 78.0. The first-order chi connectivity index (χ1) is 56.0. The van der Waals surface area contributed by atoms with Gasteiger partial charge in [-0.3, -0.25) is 0 Å². The average molecular weight is 1570 g/mol. The van der Waals surface area contributed by atoms with Crippen LogP contribution >= 0.6 is 0 Å². The molecule has 36 nitrogen and oxygen atoms in total. The lowest BCUT2D eigenvalue weighted by Gasteiger charge is -2.19. The molecule has 0 radical (unpaired) electrons. The highest BCUT2D eigenvalue weighted by molar-refractivity contribution is 5.65. The van der Waals surface area contributed by atoms with Gasteiger partial charge in [-0.2, -0.15) is 30.0 Å². The molecule has 0 aliphatic heterocycles. The molecule has 9 aromatic carbocycles. The Bertz CT molecular complexity index is 7530. The van der Waals surface area contributed by atoms with Crippen molar-refractivity contribution in [2.24, 2.45) is 30.0 Å². The van der Waals surface area contributed by atoms with Crippen LogP contribution in [0.5, 0.6) is 0 Å². The summed E-state index contributed by atoms with van der Waals surface area (Å²) < 4.78 is 5.89. The van der Waals surface area contributed by atoms with Crippen molar-refractivity contribution in [1.29, 1.82) is 0 Å². The van der Waals surface area contributed by atoms with Gasteiger partial charge in [0.25, 0.3) is 0 Å². The maximum absolute atomic E-state index is 16.0. The fraction of sp³-hybridized carbons (Fsp3) is 0.111. The minimum atomic E-state index is -1.54. The largest absolute Gasteiger partial charge is 0.345 e. The molecule has 13 aromatic rings. The van der Waals surface area contributed by atoms with Crippen molar-refractivity contribution in [2.45, 2.75) is 62.3 Å². The van der Waals surface area contributed by atoms with Crippen LogP contribution in [0.25, 0.3) is 68.2 Å². The Morgan fingerprint density at radius 3 is 0.427 bits per heavy atom. The minimum absolute atomic E-state index is 0.0196. The zero-order valence-electron chi connectivity index (χ0n) is 62.5. The number of aromatic nitrogens is 12. The Morgan fingerprint density at radius 1 is 0.171 bits per heavy atom. The molecule has 4 heterocycles. The van der Waals surface area contributed by atoms with Crippen LogP contribution in [0.1, 0.15) is 50.1 Å². The van der Waals surface area contributed by atoms with Crippen LogP contribution < -0.4 is 68.3 Å². The van der Waals surface area contributed by atoms with Crippen LogP contribution in [0.4, 0.5) is 34.1 Å². The summed E-state index contributed by atoms with van der Waals surface area (Å²) >= 11 is 0. The zero-order chi connectivity index (χ0) is 84.0. The summed E-state index contributed by atoms with van der Waals surface area (Å²) in [5, 5.41) is 0. The van der Waals surface area contributed by atoms with Crippen molar-refractivity contribution in [2.75, 3.05) is 0 Å². The van der Waals surface area contributed by atoms with Crippen molar-refractivity contribution in [3.63, 3.8) is 0 Å². The van der Waals surface area contributed by atoms with Gasteiger partial charge >= 0.3 is 68.3 Å². The second kappa shape index (κ2) is 31.0. The standard InChI is InChI=1S/C81H54N18O18/c1-43-10-19-52(28-61(43)82-37-100)88-70(106)94(58-25-16-49(7)67(34-58)97-76(112)89(53-20-11-44(2)62(29-53)83-38-101)72(108)90(77(97)113)54-21-12-45(3)63(30-54)84-39-102)75(111)95(71(88)107)59-26-17-50(8)68(35-59)99-80(116)93(57-24-15-48(6)66(33-57)87-42-105)74(110)96(81(99)117)60-27-18-51(9)69(36-60)98-78(114)91(55-22-13-46(4)64(31-55)85-40-103)73(109)92(79(98)115)56-23-14-47(5)65(32-56)86-41-104/h10-36H,1-9H3. The van der Waals surface area contributed by atoms with E-state index in [9.17, 15) is 38.4 Å². The third kappa shape index (κ3) is 13.5. The molecule has 36 heteroatoms. The zero-order valence-corrected chi connectivity index (χ0v) is 62.5. The van der Waals surface area contributed by atoms with Crippen molar-refractivity contribution in [3.8, 4) is 68.2 Å². The average Bonchev–Trinajstić information content (AvgIpc) is 0.739. The van der Waals surface area contributed by atoms with Crippen LogP contribution in [0.2, 0.25) is 0 Å². The first-order valence-electron chi connectivity index (χ1n) is 34.5. The highest BCUT2D eigenvalue weighted by atomic mass is 16.2. The van der Waals surface area contributed by atoms with Crippen molar-refractivity contribution in [1.82, 2.24) is 54.8 Å². The normalized spacial score (nSPS) is 10.8. The third-order valence-electron chi connectivity index (χ3n) is 19.4. The van der Waals surface area contributed by atoms with Gasteiger partial charge in [0.05, 0.1) is 102 Å². The highest BCUT2D eigenvalue weighted by Crippen LogP contribution is 2.29. The summed E-state index contributed by atoms with van der Waals surface area (Å²) in [4.78, 5) is 278. The van der Waals surface area contributed by atoms with Gasteiger partial charge in [0.1, 0.15) is 0 Å². The predicted octanol–water partition coefficient (Wildman–Crippen LogP) is 6.08. The van der Waals surface area contributed by atoms with Gasteiger partial charge in [0.2, 0.25) is 36.5 Å². The van der Waals surface area contributed by atoms with Gasteiger partial charge in [0.15, 0.2) is 0 Å². The highest BCUT2D eigenvalue weighted by Gasteiger charge is 2.29. The fourth-order valence-electron chi connectivity index (χ4n) is 13.2. The molecular formula is C81H54N18O18. The topological polar surface area (TPSA) is 441 Å². The molecule has 0 fully saturated rings. The Morgan fingerprint density at radius 2 is 0.291 bits per heavy atom. The number of carbonyl (C=O) groups excluding carboxylic acids is 6. The van der Waals surface area contributed by atoms with E-state index in [-0.39, 0.29) is 84.9 Å². The first-order valence-corrected chi connectivity index (χ1v) is 34.5. The van der Waals surface area contributed by atoms with Crippen molar-refractivity contribution in [3.05, 3.63) is 340 Å². The van der Waals surface area contributed by atoms with E-state index in [4.69, 9.17) is 0 Å². The van der Waals surface area contributed by atoms with E-state index in [1.165, 1.54) is 198 Å². The third-order valence-corrected chi connectivity index (χ3v) is 19.4. The molecule has 0 atom stereocenters. The van der Waals surface area contributed by atoms with Gasteiger partial charge in [-0.15, -0.1) is 0 Å². The molecule has 0 aliphatic rings. The molecule has 0 saturated carbocycles. The number of rotatable bonds is 18. The molecule has 0 saturated heterocycles. The molecule has 4 aromatic heterocycles. The molecule has 117 heavy (non-hydrogen) atoms. The second-order valence-corrected chi connectivity index (χ2v) is 26.4. The number of nitrogens with zero attached hydrogens (tertiary/aromatic N) is 18. The maximum Gasteiger partial charge on any atom is 0.345 e. The predicted molar refractivity (Wildman–Crippen MR) is 423 cm³/mol. The number of aliphatic imine (C=N–C) groups is 6. The summed E-state index contributed by atoms with van der Waals surface area (Å²) in [6.45, 7) is 13.5. The van der Waals surface area contributed by atoms with Crippen LogP contribution in [-0.2, 0) is 28.8 Å². The smallest absolute Gasteiger partial charge is 0.246 e. The maximum atomic E-state index is 16.0. The summed E-state index contributed by atoms with van der Waals surface area (Å²) in [5.74, 6) is 0. The van der Waals surface area contributed by atoms with Crippen LogP contribution in [0, 0.1) is 62.3 Å². The molecule has 0 spiro atoms. The van der Waals surface area contributed by atoms with Gasteiger partial charge in [-0.25, -0.2) is 141 Å². The van der Waals surface area contributed by atoms with Gasteiger partial charge in [0, 0.05) is 0 Å². The van der Waals surface area contributed by atoms with E-state index >= 15 is 47.9 Å². The number of aryl methyl sites for hydroxylation is 9. The van der Waals surface area contributed by atoms with E-state index in [1.807, 2.05) is 0 Å². The van der Waals surface area contributed by atoms with Crippen LogP contribution in [-0.4, -0.2) is 91.3 Å². The van der Waals surface area contributed by atoms with E-state index < -0.39 is 102 Å². The van der Waals surface area contributed by atoms with Crippen LogP contribution in [0.3, 0.4) is 0 Å². The van der Waals surface area contributed by atoms with Gasteiger partial charge in [-0.05, 0) is 222 Å². The number of hydrogen-bond donors (Lipinski definition) is 0. The van der Waals surface area contributed by atoms with Gasteiger partial charge in [-0.1, -0.05) is 54.6 Å². The summed E-state index contributed by atoms with van der Waals surface area (Å²) in [6, 6.07) is 33.4. The number of benzene rings is 9. The Balaban J connectivity index is 1.09. The van der Waals surface area contributed by atoms with E-state index in [0.29, 0.717) is 88.2 Å². The molecule has 576 valence electrons. The summed E-state index contributed by atoms with van der Waals surface area (Å²) in [6.07, 6.45) is 8.46. The Labute approximate surface area is 651 Å². The molecule has 0 bridgehead atoms. The molecule has 0 aliphatic carbocycles. The number of isocyanates is 6. The molecular weight excluding hydrogens is 1510 g/mol. The van der Waals surface area contributed by atoms with Crippen molar-refractivity contribution >= 4 is 70.6 Å². The molecule has 13 rings (SSSR count). The van der Waals surface area contributed by atoms with Crippen molar-refractivity contribution < 1.29 is 28.8 Å². The minimum Gasteiger partial charge on any atom is -0.246 e. The van der Waals surface area contributed by atoms with Crippen LogP contribution in [0.15, 0.2) is 251 Å². The lowest BCUT2D eigenvalue weighted by atomic mass is 10.1. The molecule has 0 unspecified atom stereocenters. The molecule has 0 N–H and O–H groups in total. The monoisotopic (exact) mass is 1570 g/mol. The SMILES string of the molecule is Cc1ccc(-n2c(=O)n(-c3ccc(C)c(-n4c(=O)n(-c5ccc(C)c(N=C=O)c5)c(=O)n(-c5ccc(C)c(N=C=O)c5)c4=O)c3)c(=O)n(-c3ccc(C)c(-n4c(=O)n(-c5ccc(C)c(N=C=O)c5)c(=O)n(-c5ccc(C)c(-n6c(=O)n(-c7ccc(C)c(N=C=O)c7)c(=O)n(-c7ccc(C)c(N=C=O)c7)c6=O)c5)c4=O)c3)c2=O)cc1N=C=O. The lowest BCUT2D eigenvalue weighted by molar-refractivity contribution is 0.564.